The summed E-state index contributed by atoms with van der Waals surface area (Å²) in [7, 11) is 0. The van der Waals surface area contributed by atoms with Gasteiger partial charge in [0.1, 0.15) is 11.5 Å². The number of hydrogen-bond acceptors (Lipinski definition) is 4. The van der Waals surface area contributed by atoms with Crippen LogP contribution in [0.5, 0.6) is 0 Å². The second kappa shape index (κ2) is 8.63. The summed E-state index contributed by atoms with van der Waals surface area (Å²) >= 11 is 0. The Balaban J connectivity index is 1.50. The van der Waals surface area contributed by atoms with E-state index in [0.717, 1.165) is 57.2 Å². The molecule has 1 fully saturated rings. The van der Waals surface area contributed by atoms with Crippen molar-refractivity contribution in [2.75, 3.05) is 0 Å². The molecule has 0 atom stereocenters. The number of hydrogen-bond donors (Lipinski definition) is 2. The maximum absolute atomic E-state index is 12.9. The molecule has 7 heteroatoms. The fraction of sp³-hybridized carbons (Fsp3) is 0.571. The van der Waals surface area contributed by atoms with Crippen molar-refractivity contribution in [3.05, 3.63) is 41.4 Å². The molecule has 1 aliphatic carbocycles. The number of carbonyl (C=O) groups is 2. The minimum Gasteiger partial charge on any atom is -0.467 e. The number of imidazole rings is 1. The lowest BCUT2D eigenvalue weighted by molar-refractivity contribution is 0.0927. The zero-order valence-electron chi connectivity index (χ0n) is 16.2. The van der Waals surface area contributed by atoms with Crippen molar-refractivity contribution in [1.82, 2.24) is 20.2 Å². The maximum atomic E-state index is 12.9. The molecule has 1 aliphatic heterocycles. The zero-order chi connectivity index (χ0) is 19.3. The Bertz CT molecular complexity index is 817. The summed E-state index contributed by atoms with van der Waals surface area (Å²) in [6.07, 6.45) is 11.2. The van der Waals surface area contributed by atoms with E-state index in [0.29, 0.717) is 23.8 Å². The monoisotopic (exact) mass is 384 g/mol. The molecule has 2 N–H and O–H groups in total. The highest BCUT2D eigenvalue weighted by molar-refractivity contribution is 5.97. The normalized spacial score (nSPS) is 17.6. The average molecular weight is 384 g/mol. The van der Waals surface area contributed by atoms with Gasteiger partial charge in [-0.2, -0.15) is 0 Å². The van der Waals surface area contributed by atoms with Crippen LogP contribution in [0.1, 0.15) is 83.9 Å². The molecule has 0 aromatic carbocycles. The summed E-state index contributed by atoms with van der Waals surface area (Å²) in [5, 5.41) is 6.02. The van der Waals surface area contributed by atoms with Crippen molar-refractivity contribution in [2.24, 2.45) is 0 Å². The lowest BCUT2D eigenvalue weighted by Gasteiger charge is -2.18. The van der Waals surface area contributed by atoms with Crippen molar-refractivity contribution in [3.8, 4) is 0 Å². The minimum atomic E-state index is -0.270. The fourth-order valence-electron chi connectivity index (χ4n) is 4.24. The Kier molecular flexibility index (Phi) is 5.78. The van der Waals surface area contributed by atoms with Crippen molar-refractivity contribution >= 4 is 11.8 Å². The fourth-order valence-corrected chi connectivity index (χ4v) is 4.24. The number of rotatable bonds is 5. The van der Waals surface area contributed by atoms with E-state index in [2.05, 4.69) is 15.6 Å². The van der Waals surface area contributed by atoms with E-state index in [1.807, 2.05) is 10.6 Å². The highest BCUT2D eigenvalue weighted by atomic mass is 16.3. The van der Waals surface area contributed by atoms with Crippen LogP contribution in [0.25, 0.3) is 0 Å². The molecule has 7 nitrogen and oxygen atoms in total. The number of furan rings is 1. The van der Waals surface area contributed by atoms with E-state index in [4.69, 9.17) is 4.42 Å². The Morgan fingerprint density at radius 1 is 1.11 bits per heavy atom. The highest BCUT2D eigenvalue weighted by Crippen LogP contribution is 2.23. The predicted octanol–water partition coefficient (Wildman–Crippen LogP) is 3.20. The summed E-state index contributed by atoms with van der Waals surface area (Å²) in [5.74, 6) is 0.605. The van der Waals surface area contributed by atoms with Crippen LogP contribution in [0.4, 0.5) is 0 Å². The molecular formula is C21H28N4O3. The van der Waals surface area contributed by atoms with Gasteiger partial charge in [0.05, 0.1) is 18.5 Å². The molecule has 1 saturated carbocycles. The molecule has 2 amide bonds. The summed E-state index contributed by atoms with van der Waals surface area (Å²) < 4.78 is 7.18. The third-order valence-electron chi connectivity index (χ3n) is 5.73. The van der Waals surface area contributed by atoms with E-state index in [1.54, 1.807) is 12.3 Å². The van der Waals surface area contributed by atoms with Gasteiger partial charge in [-0.1, -0.05) is 25.7 Å². The average Bonchev–Trinajstić information content (AvgIpc) is 3.29. The van der Waals surface area contributed by atoms with E-state index < -0.39 is 0 Å². The SMILES string of the molecule is O=C(NC1CCCCCC1)c1nc(C(=O)NCc2ccco2)n2c1CCCC2. The van der Waals surface area contributed by atoms with Crippen molar-refractivity contribution in [3.63, 3.8) is 0 Å². The van der Waals surface area contributed by atoms with Gasteiger partial charge in [-0.3, -0.25) is 9.59 Å². The second-order valence-corrected chi connectivity index (χ2v) is 7.76. The number of carbonyl (C=O) groups excluding carboxylic acids is 2. The van der Waals surface area contributed by atoms with E-state index in [1.165, 1.54) is 12.8 Å². The second-order valence-electron chi connectivity index (χ2n) is 7.76. The molecular weight excluding hydrogens is 356 g/mol. The molecule has 0 radical (unpaired) electrons. The van der Waals surface area contributed by atoms with Crippen LogP contribution in [0.15, 0.2) is 22.8 Å². The van der Waals surface area contributed by atoms with Crippen molar-refractivity contribution < 1.29 is 14.0 Å². The Morgan fingerprint density at radius 3 is 2.68 bits per heavy atom. The number of fused-ring (bicyclic) bond motifs is 1. The summed E-state index contributed by atoms with van der Waals surface area (Å²) in [4.78, 5) is 30.1. The number of amides is 2. The first-order valence-corrected chi connectivity index (χ1v) is 10.4. The zero-order valence-corrected chi connectivity index (χ0v) is 16.2. The van der Waals surface area contributed by atoms with Crippen LogP contribution in [0, 0.1) is 0 Å². The number of nitrogens with zero attached hydrogens (tertiary/aromatic N) is 2. The summed E-state index contributed by atoms with van der Waals surface area (Å²) in [6, 6.07) is 3.81. The molecule has 2 aliphatic rings. The number of aromatic nitrogens is 2. The Labute approximate surface area is 164 Å². The van der Waals surface area contributed by atoms with Gasteiger partial charge in [0.25, 0.3) is 11.8 Å². The molecule has 2 aromatic rings. The molecule has 4 rings (SSSR count). The van der Waals surface area contributed by atoms with Gasteiger partial charge >= 0.3 is 0 Å². The van der Waals surface area contributed by atoms with Crippen LogP contribution >= 0.6 is 0 Å². The molecule has 0 spiro atoms. The minimum absolute atomic E-state index is 0.136. The summed E-state index contributed by atoms with van der Waals surface area (Å²) in [6.45, 7) is 1.03. The van der Waals surface area contributed by atoms with Crippen molar-refractivity contribution in [2.45, 2.75) is 76.9 Å². The first kappa shape index (κ1) is 18.8. The van der Waals surface area contributed by atoms with E-state index in [9.17, 15) is 9.59 Å². The molecule has 2 aromatic heterocycles. The molecule has 150 valence electrons. The first-order valence-electron chi connectivity index (χ1n) is 10.4. The van der Waals surface area contributed by atoms with Gasteiger partial charge in [0, 0.05) is 12.6 Å². The quantitative estimate of drug-likeness (QED) is 0.775. The molecule has 28 heavy (non-hydrogen) atoms. The molecule has 3 heterocycles. The van der Waals surface area contributed by atoms with Crippen LogP contribution in [0.3, 0.4) is 0 Å². The van der Waals surface area contributed by atoms with Crippen molar-refractivity contribution in [1.29, 1.82) is 0 Å². The van der Waals surface area contributed by atoms with Gasteiger partial charge in [0.2, 0.25) is 0 Å². The largest absolute Gasteiger partial charge is 0.467 e. The van der Waals surface area contributed by atoms with Crippen LogP contribution in [-0.2, 0) is 19.5 Å². The van der Waals surface area contributed by atoms with Crippen LogP contribution < -0.4 is 10.6 Å². The van der Waals surface area contributed by atoms with Gasteiger partial charge < -0.3 is 19.6 Å². The number of nitrogens with one attached hydrogen (secondary N) is 2. The maximum Gasteiger partial charge on any atom is 0.287 e. The van der Waals surface area contributed by atoms with Crippen LogP contribution in [0.2, 0.25) is 0 Å². The highest BCUT2D eigenvalue weighted by Gasteiger charge is 2.28. The van der Waals surface area contributed by atoms with Gasteiger partial charge in [-0.15, -0.1) is 0 Å². The van der Waals surface area contributed by atoms with Gasteiger partial charge in [0.15, 0.2) is 5.82 Å². The van der Waals surface area contributed by atoms with Crippen LogP contribution in [-0.4, -0.2) is 27.4 Å². The smallest absolute Gasteiger partial charge is 0.287 e. The third-order valence-corrected chi connectivity index (χ3v) is 5.73. The lowest BCUT2D eigenvalue weighted by Crippen LogP contribution is -2.35. The topological polar surface area (TPSA) is 89.2 Å². The van der Waals surface area contributed by atoms with Gasteiger partial charge in [-0.05, 0) is 44.2 Å². The lowest BCUT2D eigenvalue weighted by atomic mass is 10.1. The summed E-state index contributed by atoms with van der Waals surface area (Å²) in [5.41, 5.74) is 1.31. The van der Waals surface area contributed by atoms with Gasteiger partial charge in [-0.25, -0.2) is 4.98 Å². The molecule has 0 unspecified atom stereocenters. The Hall–Kier alpha value is -2.57. The standard InChI is InChI=1S/C21H28N4O3/c26-20(23-15-8-3-1-2-4-9-15)18-17-11-5-6-12-25(17)19(24-18)21(27)22-14-16-10-7-13-28-16/h7,10,13,15H,1-6,8-9,11-12,14H2,(H,22,27)(H,23,26). The van der Waals surface area contributed by atoms with E-state index in [-0.39, 0.29) is 17.9 Å². The molecule has 0 bridgehead atoms. The molecule has 0 saturated heterocycles. The Morgan fingerprint density at radius 2 is 1.93 bits per heavy atom. The third kappa shape index (κ3) is 4.13. The van der Waals surface area contributed by atoms with E-state index >= 15 is 0 Å². The predicted molar refractivity (Wildman–Crippen MR) is 104 cm³/mol. The first-order chi connectivity index (χ1) is 13.7.